The third kappa shape index (κ3) is 3.71. The van der Waals surface area contributed by atoms with Crippen LogP contribution in [0.1, 0.15) is 31.7 Å². The van der Waals surface area contributed by atoms with Crippen molar-refractivity contribution >= 4 is 21.8 Å². The van der Waals surface area contributed by atoms with E-state index < -0.39 is 10.2 Å². The number of carbonyl (C=O) groups is 1. The monoisotopic (exact) mass is 407 g/mol. The Balaban J connectivity index is 2.03. The molecule has 1 aromatic carbocycles. The number of amides is 1. The molecule has 0 aliphatic carbocycles. The molecule has 9 heteroatoms. The number of hydrogen-bond donors (Lipinski definition) is 0. The fourth-order valence-corrected chi connectivity index (χ4v) is 4.34. The maximum Gasteiger partial charge on any atom is 0.345 e. The van der Waals surface area contributed by atoms with Crippen LogP contribution in [-0.4, -0.2) is 63.1 Å². The molecule has 3 rings (SSSR count). The SMILES string of the molecule is COc1ccc(C2=NS(=O)(=O)N(C)C(C(=O)N3CCCC[C@H]3C)=C2)cc1OC. The first-order valence-electron chi connectivity index (χ1n) is 9.12. The quantitative estimate of drug-likeness (QED) is 0.761. The molecule has 1 fully saturated rings. The average Bonchev–Trinajstić information content (AvgIpc) is 2.69. The molecular formula is C19H25N3O5S. The lowest BCUT2D eigenvalue weighted by molar-refractivity contribution is -0.131. The number of allylic oxidation sites excluding steroid dienone is 1. The molecule has 0 unspecified atom stereocenters. The van der Waals surface area contributed by atoms with Crippen molar-refractivity contribution in [3.63, 3.8) is 0 Å². The summed E-state index contributed by atoms with van der Waals surface area (Å²) in [5.74, 6) is 0.668. The number of likely N-dealkylation sites (N-methyl/N-ethyl adjacent to an activating group) is 1. The molecule has 0 aromatic heterocycles. The Morgan fingerprint density at radius 3 is 2.54 bits per heavy atom. The van der Waals surface area contributed by atoms with Gasteiger partial charge in [-0.3, -0.25) is 4.79 Å². The lowest BCUT2D eigenvalue weighted by Crippen LogP contribution is -2.46. The Bertz CT molecular complexity index is 939. The maximum atomic E-state index is 13.1. The van der Waals surface area contributed by atoms with Gasteiger partial charge in [0.05, 0.1) is 19.9 Å². The lowest BCUT2D eigenvalue weighted by atomic mass is 10.0. The topological polar surface area (TPSA) is 88.5 Å². The van der Waals surface area contributed by atoms with Gasteiger partial charge in [-0.15, -0.1) is 4.40 Å². The number of methoxy groups -OCH3 is 2. The number of likely N-dealkylation sites (tertiary alicyclic amines) is 1. The van der Waals surface area contributed by atoms with Crippen molar-refractivity contribution in [1.82, 2.24) is 9.21 Å². The number of piperidine rings is 1. The summed E-state index contributed by atoms with van der Waals surface area (Å²) in [5, 5.41) is 0. The van der Waals surface area contributed by atoms with Gasteiger partial charge >= 0.3 is 10.2 Å². The smallest absolute Gasteiger partial charge is 0.345 e. The standard InChI is InChI=1S/C19H25N3O5S/c1-13-7-5-6-10-22(13)19(23)16-12-15(20-28(24,25)21(16)2)14-8-9-17(26-3)18(11-14)27-4/h8-9,11-13H,5-7,10H2,1-4H3/t13-/m1/s1. The van der Waals surface area contributed by atoms with E-state index in [1.54, 1.807) is 23.1 Å². The zero-order valence-electron chi connectivity index (χ0n) is 16.5. The number of rotatable bonds is 4. The van der Waals surface area contributed by atoms with Crippen molar-refractivity contribution in [3.05, 3.63) is 35.5 Å². The van der Waals surface area contributed by atoms with Gasteiger partial charge in [-0.25, -0.2) is 4.31 Å². The van der Waals surface area contributed by atoms with E-state index in [0.717, 1.165) is 23.6 Å². The van der Waals surface area contributed by atoms with Crippen LogP contribution in [0.5, 0.6) is 11.5 Å². The minimum Gasteiger partial charge on any atom is -0.493 e. The maximum absolute atomic E-state index is 13.1. The van der Waals surface area contributed by atoms with Gasteiger partial charge in [0.2, 0.25) is 0 Å². The molecule has 0 bridgehead atoms. The Labute approximate surface area is 165 Å². The molecule has 0 saturated carbocycles. The molecule has 1 aromatic rings. The molecule has 152 valence electrons. The fourth-order valence-electron chi connectivity index (χ4n) is 3.43. The Hall–Kier alpha value is -2.55. The molecule has 1 saturated heterocycles. The van der Waals surface area contributed by atoms with Crippen LogP contribution in [0.3, 0.4) is 0 Å². The normalized spacial score (nSPS) is 21.6. The highest BCUT2D eigenvalue weighted by Gasteiger charge is 2.34. The Morgan fingerprint density at radius 2 is 1.89 bits per heavy atom. The zero-order valence-corrected chi connectivity index (χ0v) is 17.3. The van der Waals surface area contributed by atoms with Gasteiger partial charge in [0, 0.05) is 25.2 Å². The first-order valence-corrected chi connectivity index (χ1v) is 10.5. The van der Waals surface area contributed by atoms with Crippen LogP contribution in [0, 0.1) is 0 Å². The van der Waals surface area contributed by atoms with Crippen molar-refractivity contribution < 1.29 is 22.7 Å². The Morgan fingerprint density at radius 1 is 1.18 bits per heavy atom. The van der Waals surface area contributed by atoms with E-state index in [4.69, 9.17) is 9.47 Å². The van der Waals surface area contributed by atoms with Gasteiger partial charge < -0.3 is 14.4 Å². The Kier molecular flexibility index (Phi) is 5.64. The predicted octanol–water partition coefficient (Wildman–Crippen LogP) is 1.97. The van der Waals surface area contributed by atoms with Gasteiger partial charge in [0.25, 0.3) is 5.91 Å². The highest BCUT2D eigenvalue weighted by Crippen LogP contribution is 2.30. The molecule has 0 radical (unpaired) electrons. The van der Waals surface area contributed by atoms with E-state index in [9.17, 15) is 13.2 Å². The number of nitrogens with zero attached hydrogens (tertiary/aromatic N) is 3. The molecule has 2 heterocycles. The van der Waals surface area contributed by atoms with E-state index in [-0.39, 0.29) is 23.4 Å². The number of hydrogen-bond acceptors (Lipinski definition) is 5. The minimum absolute atomic E-state index is 0.0710. The molecule has 2 aliphatic heterocycles. The largest absolute Gasteiger partial charge is 0.493 e. The summed E-state index contributed by atoms with van der Waals surface area (Å²) in [6, 6.07) is 5.06. The van der Waals surface area contributed by atoms with Crippen LogP contribution in [0.4, 0.5) is 0 Å². The van der Waals surface area contributed by atoms with Crippen LogP contribution >= 0.6 is 0 Å². The van der Waals surface area contributed by atoms with E-state index in [1.165, 1.54) is 27.3 Å². The fraction of sp³-hybridized carbons (Fsp3) is 0.474. The summed E-state index contributed by atoms with van der Waals surface area (Å²) >= 11 is 0. The lowest BCUT2D eigenvalue weighted by Gasteiger charge is -2.36. The second-order valence-corrected chi connectivity index (χ2v) is 8.49. The first kappa shape index (κ1) is 20.2. The number of carbonyl (C=O) groups excluding carboxylic acids is 1. The van der Waals surface area contributed by atoms with E-state index >= 15 is 0 Å². The third-order valence-corrected chi connectivity index (χ3v) is 6.45. The molecule has 0 spiro atoms. The van der Waals surface area contributed by atoms with Gasteiger partial charge in [0.1, 0.15) is 5.70 Å². The van der Waals surface area contributed by atoms with Crippen LogP contribution in [0.25, 0.3) is 0 Å². The molecule has 28 heavy (non-hydrogen) atoms. The predicted molar refractivity (Wildman–Crippen MR) is 106 cm³/mol. The number of ether oxygens (including phenoxy) is 2. The van der Waals surface area contributed by atoms with Crippen molar-refractivity contribution in [1.29, 1.82) is 0 Å². The van der Waals surface area contributed by atoms with Crippen LogP contribution in [0.2, 0.25) is 0 Å². The second kappa shape index (κ2) is 7.83. The van der Waals surface area contributed by atoms with Gasteiger partial charge in [-0.05, 0) is 50.5 Å². The molecule has 2 aliphatic rings. The molecule has 1 atom stereocenters. The minimum atomic E-state index is -4.01. The van der Waals surface area contributed by atoms with E-state index in [2.05, 4.69) is 4.40 Å². The van der Waals surface area contributed by atoms with Crippen molar-refractivity contribution in [2.45, 2.75) is 32.2 Å². The van der Waals surface area contributed by atoms with Gasteiger partial charge in [-0.1, -0.05) is 0 Å². The average molecular weight is 407 g/mol. The van der Waals surface area contributed by atoms with Gasteiger partial charge in [-0.2, -0.15) is 8.42 Å². The molecule has 8 nitrogen and oxygen atoms in total. The molecule has 1 amide bonds. The van der Waals surface area contributed by atoms with Crippen molar-refractivity contribution in [2.75, 3.05) is 27.8 Å². The summed E-state index contributed by atoms with van der Waals surface area (Å²) in [6.45, 7) is 2.60. The zero-order chi connectivity index (χ0) is 20.5. The number of benzene rings is 1. The summed E-state index contributed by atoms with van der Waals surface area (Å²) in [4.78, 5) is 14.8. The highest BCUT2D eigenvalue weighted by atomic mass is 32.2. The van der Waals surface area contributed by atoms with Crippen molar-refractivity contribution in [2.24, 2.45) is 4.40 Å². The summed E-state index contributed by atoms with van der Waals surface area (Å²) in [5.41, 5.74) is 0.798. The first-order chi connectivity index (χ1) is 13.3. The van der Waals surface area contributed by atoms with Crippen LogP contribution < -0.4 is 9.47 Å². The summed E-state index contributed by atoms with van der Waals surface area (Å²) < 4.78 is 40.5. The molecular weight excluding hydrogens is 382 g/mol. The van der Waals surface area contributed by atoms with Crippen LogP contribution in [-0.2, 0) is 15.0 Å². The summed E-state index contributed by atoms with van der Waals surface area (Å²) in [6.07, 6.45) is 4.41. The van der Waals surface area contributed by atoms with Crippen LogP contribution in [0.15, 0.2) is 34.4 Å². The van der Waals surface area contributed by atoms with Crippen molar-refractivity contribution in [3.8, 4) is 11.5 Å². The summed E-state index contributed by atoms with van der Waals surface area (Å²) in [7, 11) is 0.356. The third-order valence-electron chi connectivity index (χ3n) is 5.13. The van der Waals surface area contributed by atoms with E-state index in [1.807, 2.05) is 6.92 Å². The highest BCUT2D eigenvalue weighted by molar-refractivity contribution is 7.88. The van der Waals surface area contributed by atoms with E-state index in [0.29, 0.717) is 23.6 Å². The van der Waals surface area contributed by atoms with Gasteiger partial charge in [0.15, 0.2) is 11.5 Å². The molecule has 0 N–H and O–H groups in total. The second-order valence-electron chi connectivity index (χ2n) is 6.86.